The quantitative estimate of drug-likeness (QED) is 0.777. The second-order valence-corrected chi connectivity index (χ2v) is 10.4. The molecule has 1 aliphatic rings. The molecule has 130 valence electrons. The van der Waals surface area contributed by atoms with Crippen LogP contribution in [0.1, 0.15) is 20.8 Å². The fourth-order valence-electron chi connectivity index (χ4n) is 2.36. The Bertz CT molecular complexity index is 659. The van der Waals surface area contributed by atoms with Crippen molar-refractivity contribution in [2.45, 2.75) is 30.6 Å². The molecule has 0 atom stereocenters. The molecule has 23 heavy (non-hydrogen) atoms. The number of rotatable bonds is 4. The Hall–Kier alpha value is -0.670. The molecule has 1 fully saturated rings. The van der Waals surface area contributed by atoms with Crippen molar-refractivity contribution in [1.82, 2.24) is 4.31 Å². The van der Waals surface area contributed by atoms with E-state index in [1.165, 1.54) is 10.4 Å². The minimum absolute atomic E-state index is 0.256. The number of halogens is 1. The first-order valence-electron chi connectivity index (χ1n) is 7.39. The zero-order valence-corrected chi connectivity index (χ0v) is 15.9. The lowest BCUT2D eigenvalue weighted by atomic mass is 10.2. The Balaban J connectivity index is 1.90. The van der Waals surface area contributed by atoms with Crippen molar-refractivity contribution in [3.05, 3.63) is 16.5 Å². The summed E-state index contributed by atoms with van der Waals surface area (Å²) < 4.78 is 32.5. The van der Waals surface area contributed by atoms with Crippen LogP contribution in [0.5, 0.6) is 0 Å². The van der Waals surface area contributed by atoms with Crippen molar-refractivity contribution >= 4 is 38.9 Å². The highest BCUT2D eigenvalue weighted by Crippen LogP contribution is 2.27. The van der Waals surface area contributed by atoms with Crippen LogP contribution in [0.25, 0.3) is 0 Å². The van der Waals surface area contributed by atoms with Crippen LogP contribution in [-0.4, -0.2) is 57.0 Å². The molecule has 1 aromatic rings. The van der Waals surface area contributed by atoms with Gasteiger partial charge in [0.15, 0.2) is 6.54 Å². The van der Waals surface area contributed by atoms with E-state index in [-0.39, 0.29) is 16.7 Å². The van der Waals surface area contributed by atoms with E-state index in [4.69, 9.17) is 16.3 Å². The van der Waals surface area contributed by atoms with E-state index in [2.05, 4.69) is 0 Å². The molecule has 0 bridgehead atoms. The average molecular weight is 382 g/mol. The summed E-state index contributed by atoms with van der Waals surface area (Å²) in [5, 5.41) is 0. The van der Waals surface area contributed by atoms with Crippen LogP contribution in [-0.2, 0) is 19.6 Å². The number of thiophene rings is 1. The molecular formula is C14H22ClN2O4S2+. The van der Waals surface area contributed by atoms with Crippen molar-refractivity contribution in [1.29, 1.82) is 0 Å². The third-order valence-corrected chi connectivity index (χ3v) is 6.98. The van der Waals surface area contributed by atoms with Gasteiger partial charge in [-0.1, -0.05) is 11.6 Å². The number of ether oxygens (including phenoxy) is 1. The summed E-state index contributed by atoms with van der Waals surface area (Å²) in [4.78, 5) is 12.9. The number of carbonyl (C=O) groups excluding carboxylic acids is 1. The van der Waals surface area contributed by atoms with Gasteiger partial charge in [-0.15, -0.1) is 11.3 Å². The topological polar surface area (TPSA) is 68.1 Å². The van der Waals surface area contributed by atoms with Gasteiger partial charge in [0.05, 0.1) is 30.5 Å². The SMILES string of the molecule is CC(C)(C)OC(=O)C[NH+]1CCN(S(=O)(=O)c2ccc(Cl)s2)CC1. The summed E-state index contributed by atoms with van der Waals surface area (Å²) in [7, 11) is -3.48. The standard InChI is InChI=1S/C14H21ClN2O4S2/c1-14(2,3)21-12(18)10-16-6-8-17(9-7-16)23(19,20)13-5-4-11(15)22-13/h4-5H,6-10H2,1-3H3/p+1. The number of carbonyl (C=O) groups is 1. The van der Waals surface area contributed by atoms with Crippen molar-refractivity contribution in [3.8, 4) is 0 Å². The highest BCUT2D eigenvalue weighted by atomic mass is 35.5. The van der Waals surface area contributed by atoms with Gasteiger partial charge >= 0.3 is 5.97 Å². The molecule has 1 aliphatic heterocycles. The molecule has 1 saturated heterocycles. The van der Waals surface area contributed by atoms with Crippen LogP contribution in [0.15, 0.2) is 16.3 Å². The number of nitrogens with zero attached hydrogens (tertiary/aromatic N) is 1. The van der Waals surface area contributed by atoms with Gasteiger partial charge in [0.1, 0.15) is 9.81 Å². The van der Waals surface area contributed by atoms with Gasteiger partial charge in [-0.3, -0.25) is 0 Å². The fraction of sp³-hybridized carbons (Fsp3) is 0.643. The molecule has 0 aromatic carbocycles. The predicted octanol–water partition coefficient (Wildman–Crippen LogP) is 0.632. The Labute approximate surface area is 146 Å². The molecule has 2 heterocycles. The fourth-order valence-corrected chi connectivity index (χ4v) is 5.44. The molecule has 6 nitrogen and oxygen atoms in total. The van der Waals surface area contributed by atoms with Gasteiger partial charge in [0, 0.05) is 0 Å². The van der Waals surface area contributed by atoms with Gasteiger partial charge in [-0.25, -0.2) is 13.2 Å². The monoisotopic (exact) mass is 381 g/mol. The molecule has 0 unspecified atom stereocenters. The van der Waals surface area contributed by atoms with E-state index >= 15 is 0 Å². The van der Waals surface area contributed by atoms with E-state index in [1.54, 1.807) is 6.07 Å². The van der Waals surface area contributed by atoms with E-state index in [0.717, 1.165) is 16.2 Å². The molecule has 0 spiro atoms. The van der Waals surface area contributed by atoms with Crippen molar-refractivity contribution in [2.75, 3.05) is 32.7 Å². The Morgan fingerprint density at radius 1 is 1.35 bits per heavy atom. The number of hydrogen-bond donors (Lipinski definition) is 1. The summed E-state index contributed by atoms with van der Waals surface area (Å²) in [6.07, 6.45) is 0. The van der Waals surface area contributed by atoms with E-state index in [0.29, 0.717) is 30.5 Å². The zero-order chi connectivity index (χ0) is 17.3. The van der Waals surface area contributed by atoms with Gasteiger partial charge in [-0.05, 0) is 32.9 Å². The van der Waals surface area contributed by atoms with Gasteiger partial charge in [0.25, 0.3) is 10.0 Å². The predicted molar refractivity (Wildman–Crippen MR) is 89.5 cm³/mol. The van der Waals surface area contributed by atoms with E-state index in [9.17, 15) is 13.2 Å². The normalized spacial score (nSPS) is 18.1. The van der Waals surface area contributed by atoms with Gasteiger partial charge < -0.3 is 9.64 Å². The highest BCUT2D eigenvalue weighted by molar-refractivity contribution is 7.91. The summed E-state index contributed by atoms with van der Waals surface area (Å²) >= 11 is 6.88. The lowest BCUT2D eigenvalue weighted by molar-refractivity contribution is -0.896. The second-order valence-electron chi connectivity index (χ2n) is 6.48. The van der Waals surface area contributed by atoms with Crippen LogP contribution in [0.2, 0.25) is 4.34 Å². The maximum absolute atomic E-state index is 12.5. The zero-order valence-electron chi connectivity index (χ0n) is 13.5. The van der Waals surface area contributed by atoms with E-state index < -0.39 is 15.6 Å². The second kappa shape index (κ2) is 7.06. The smallest absolute Gasteiger partial charge is 0.362 e. The Morgan fingerprint density at radius 3 is 2.43 bits per heavy atom. The largest absolute Gasteiger partial charge is 0.456 e. The summed E-state index contributed by atoms with van der Waals surface area (Å²) in [6, 6.07) is 3.12. The van der Waals surface area contributed by atoms with Gasteiger partial charge in [0.2, 0.25) is 0 Å². The molecule has 0 amide bonds. The molecule has 1 aromatic heterocycles. The molecule has 0 saturated carbocycles. The van der Waals surface area contributed by atoms with Crippen LogP contribution in [0.3, 0.4) is 0 Å². The van der Waals surface area contributed by atoms with Crippen LogP contribution < -0.4 is 4.90 Å². The third kappa shape index (κ3) is 5.15. The first-order chi connectivity index (χ1) is 10.6. The molecule has 2 rings (SSSR count). The Morgan fingerprint density at radius 2 is 1.96 bits per heavy atom. The lowest BCUT2D eigenvalue weighted by Crippen LogP contribution is -3.15. The van der Waals surface area contributed by atoms with Crippen LogP contribution in [0.4, 0.5) is 0 Å². The van der Waals surface area contributed by atoms with Crippen molar-refractivity contribution < 1.29 is 22.8 Å². The van der Waals surface area contributed by atoms with Crippen molar-refractivity contribution in [2.24, 2.45) is 0 Å². The maximum atomic E-state index is 12.5. The third-order valence-electron chi connectivity index (χ3n) is 3.39. The molecular weight excluding hydrogens is 360 g/mol. The first kappa shape index (κ1) is 18.7. The number of nitrogens with one attached hydrogen (secondary N) is 1. The van der Waals surface area contributed by atoms with Crippen molar-refractivity contribution in [3.63, 3.8) is 0 Å². The number of quaternary nitrogens is 1. The summed E-state index contributed by atoms with van der Waals surface area (Å²) in [6.45, 7) is 7.68. The minimum atomic E-state index is -3.48. The molecule has 1 N–H and O–H groups in total. The maximum Gasteiger partial charge on any atom is 0.362 e. The Kier molecular flexibility index (Phi) is 5.73. The first-order valence-corrected chi connectivity index (χ1v) is 10.0. The average Bonchev–Trinajstić information content (AvgIpc) is 2.84. The molecule has 9 heteroatoms. The van der Waals surface area contributed by atoms with E-state index in [1.807, 2.05) is 20.8 Å². The number of sulfonamides is 1. The molecule has 0 radical (unpaired) electrons. The van der Waals surface area contributed by atoms with Crippen LogP contribution >= 0.6 is 22.9 Å². The summed E-state index contributed by atoms with van der Waals surface area (Å²) in [5.41, 5.74) is -0.500. The number of esters is 1. The molecule has 0 aliphatic carbocycles. The van der Waals surface area contributed by atoms with Gasteiger partial charge in [-0.2, -0.15) is 4.31 Å². The lowest BCUT2D eigenvalue weighted by Gasteiger charge is -2.31. The summed E-state index contributed by atoms with van der Waals surface area (Å²) in [5.74, 6) is -0.256. The number of hydrogen-bond acceptors (Lipinski definition) is 5. The highest BCUT2D eigenvalue weighted by Gasteiger charge is 2.32. The van der Waals surface area contributed by atoms with Crippen LogP contribution in [0, 0.1) is 0 Å². The minimum Gasteiger partial charge on any atom is -0.456 e. The number of piperazine rings is 1.